The summed E-state index contributed by atoms with van der Waals surface area (Å²) in [6.07, 6.45) is 0.380. The van der Waals surface area contributed by atoms with Gasteiger partial charge in [0.1, 0.15) is 28.6 Å². The topological polar surface area (TPSA) is 87.0 Å². The van der Waals surface area contributed by atoms with E-state index in [1.54, 1.807) is 12.1 Å². The van der Waals surface area contributed by atoms with Crippen LogP contribution >= 0.6 is 0 Å². The van der Waals surface area contributed by atoms with Crippen LogP contribution in [0.1, 0.15) is 30.6 Å². The molecule has 2 aromatic carbocycles. The number of carbonyl (C=O) groups excluding carboxylic acids is 1. The zero-order valence-corrected chi connectivity index (χ0v) is 12.4. The molecule has 0 radical (unpaired) electrons. The first-order valence-electron chi connectivity index (χ1n) is 6.80. The summed E-state index contributed by atoms with van der Waals surface area (Å²) >= 11 is 0. The Hall–Kier alpha value is -2.69. The van der Waals surface area contributed by atoms with Crippen LogP contribution in [0.15, 0.2) is 42.5 Å². The predicted molar refractivity (Wildman–Crippen MR) is 81.5 cm³/mol. The van der Waals surface area contributed by atoms with Crippen LogP contribution < -0.4 is 4.74 Å². The van der Waals surface area contributed by atoms with E-state index in [1.807, 2.05) is 13.8 Å². The normalized spacial score (nSPS) is 15.1. The highest BCUT2D eigenvalue weighted by Crippen LogP contribution is 2.34. The lowest BCUT2D eigenvalue weighted by Crippen LogP contribution is -2.35. The number of ether oxygens (including phenoxy) is 1. The van der Waals surface area contributed by atoms with E-state index in [1.165, 1.54) is 30.3 Å². The minimum absolute atomic E-state index is 0.0660. The molecular weight excluding hydrogens is 284 g/mol. The number of hydrogen-bond acceptors (Lipinski definition) is 5. The van der Waals surface area contributed by atoms with Crippen LogP contribution in [0.2, 0.25) is 0 Å². The molecule has 0 unspecified atom stereocenters. The van der Waals surface area contributed by atoms with Crippen molar-refractivity contribution in [1.29, 1.82) is 0 Å². The van der Waals surface area contributed by atoms with Gasteiger partial charge in [-0.05, 0) is 38.1 Å². The van der Waals surface area contributed by atoms with E-state index in [4.69, 9.17) is 14.9 Å². The molecule has 2 aromatic rings. The zero-order valence-electron chi connectivity index (χ0n) is 12.4. The maximum Gasteiger partial charge on any atom is 0.170 e. The first-order chi connectivity index (χ1) is 10.3. The predicted octanol–water partition coefficient (Wildman–Crippen LogP) is 3.23. The van der Waals surface area contributed by atoms with Crippen LogP contribution in [0.25, 0.3) is 0 Å². The van der Waals surface area contributed by atoms with Gasteiger partial charge in [0.15, 0.2) is 5.78 Å². The number of phenols is 3. The number of hydrogen-bond donors (Lipinski definition) is 3. The largest absolute Gasteiger partial charge is 0.508 e. The highest BCUT2D eigenvalue weighted by molar-refractivity contribution is 6.00. The van der Waals surface area contributed by atoms with Crippen molar-refractivity contribution >= 4 is 5.78 Å². The van der Waals surface area contributed by atoms with Gasteiger partial charge in [-0.25, -0.2) is 0 Å². The molecule has 0 saturated carbocycles. The van der Waals surface area contributed by atoms with Crippen molar-refractivity contribution in [3.8, 4) is 23.0 Å². The van der Waals surface area contributed by atoms with Gasteiger partial charge in [0.05, 0.1) is 12.0 Å². The lowest BCUT2D eigenvalue weighted by Gasteiger charge is -2.31. The third-order valence-electron chi connectivity index (χ3n) is 3.07. The van der Waals surface area contributed by atoms with Gasteiger partial charge in [-0.15, -0.1) is 0 Å². The number of phenolic OH excluding ortho intramolecular Hbond substituents is 3. The third-order valence-corrected chi connectivity index (χ3v) is 3.07. The van der Waals surface area contributed by atoms with Gasteiger partial charge < -0.3 is 20.1 Å². The van der Waals surface area contributed by atoms with Crippen molar-refractivity contribution in [3.63, 3.8) is 0 Å². The Balaban J connectivity index is 0.000000188. The number of rotatable bonds is 0. The van der Waals surface area contributed by atoms with E-state index < -0.39 is 5.60 Å². The average Bonchev–Trinajstić information content (AvgIpc) is 2.36. The average molecular weight is 302 g/mol. The zero-order chi connectivity index (χ0) is 16.3. The summed E-state index contributed by atoms with van der Waals surface area (Å²) in [6.45, 7) is 3.72. The summed E-state index contributed by atoms with van der Waals surface area (Å²) in [5.74, 6) is 0.840. The van der Waals surface area contributed by atoms with Gasteiger partial charge in [-0.1, -0.05) is 6.07 Å². The van der Waals surface area contributed by atoms with Crippen LogP contribution in [0, 0.1) is 0 Å². The molecular formula is C17H18O5. The molecule has 0 aromatic heterocycles. The van der Waals surface area contributed by atoms with Gasteiger partial charge >= 0.3 is 0 Å². The lowest BCUT2D eigenvalue weighted by atomic mass is 9.93. The standard InChI is InChI=1S/C11H12O3.C6H6O2/c1-11(2)6-9(13)8-4-3-7(12)5-10(8)14-11;7-5-2-1-3-6(8)4-5/h3-5,12H,6H2,1-2H3;1-4,7-8H. The summed E-state index contributed by atoms with van der Waals surface area (Å²) in [4.78, 5) is 11.7. The SMILES string of the molecule is CC1(C)CC(=O)c2ccc(O)cc2O1.Oc1cccc(O)c1. The second-order valence-electron chi connectivity index (χ2n) is 5.66. The molecule has 0 atom stereocenters. The van der Waals surface area contributed by atoms with E-state index in [9.17, 15) is 9.90 Å². The Labute approximate surface area is 128 Å². The maximum atomic E-state index is 11.7. The number of ketones is 1. The molecule has 0 spiro atoms. The number of aromatic hydroxyl groups is 3. The van der Waals surface area contributed by atoms with Crippen molar-refractivity contribution < 1.29 is 24.9 Å². The summed E-state index contributed by atoms with van der Waals surface area (Å²) in [6, 6.07) is 10.4. The van der Waals surface area contributed by atoms with E-state index >= 15 is 0 Å². The molecule has 1 heterocycles. The van der Waals surface area contributed by atoms with Gasteiger partial charge in [0.2, 0.25) is 0 Å². The smallest absolute Gasteiger partial charge is 0.170 e. The van der Waals surface area contributed by atoms with E-state index in [2.05, 4.69) is 0 Å². The van der Waals surface area contributed by atoms with Crippen LogP contribution in [0.3, 0.4) is 0 Å². The Morgan fingerprint density at radius 3 is 2.09 bits per heavy atom. The number of Topliss-reactive ketones (excluding diaryl/α,β-unsaturated/α-hetero) is 1. The minimum atomic E-state index is -0.474. The molecule has 1 aliphatic rings. The molecule has 5 nitrogen and oxygen atoms in total. The Kier molecular flexibility index (Phi) is 4.26. The van der Waals surface area contributed by atoms with Crippen LogP contribution in [0.4, 0.5) is 0 Å². The molecule has 22 heavy (non-hydrogen) atoms. The molecule has 0 bridgehead atoms. The highest BCUT2D eigenvalue weighted by Gasteiger charge is 2.32. The minimum Gasteiger partial charge on any atom is -0.508 e. The number of carbonyl (C=O) groups is 1. The second-order valence-corrected chi connectivity index (χ2v) is 5.66. The first kappa shape index (κ1) is 15.7. The summed E-state index contributed by atoms with van der Waals surface area (Å²) in [5.41, 5.74) is 0.0832. The molecule has 116 valence electrons. The Morgan fingerprint density at radius 2 is 1.55 bits per heavy atom. The quantitative estimate of drug-likeness (QED) is 0.695. The summed E-state index contributed by atoms with van der Waals surface area (Å²) in [5, 5.41) is 26.6. The fourth-order valence-corrected chi connectivity index (χ4v) is 2.13. The van der Waals surface area contributed by atoms with Gasteiger partial charge in [0, 0.05) is 12.1 Å². The molecule has 3 rings (SSSR count). The fraction of sp³-hybridized carbons (Fsp3) is 0.235. The van der Waals surface area contributed by atoms with Crippen molar-refractivity contribution in [2.75, 3.05) is 0 Å². The van der Waals surface area contributed by atoms with Gasteiger partial charge in [-0.2, -0.15) is 0 Å². The van der Waals surface area contributed by atoms with Crippen LogP contribution in [0.5, 0.6) is 23.0 Å². The molecule has 5 heteroatoms. The van der Waals surface area contributed by atoms with E-state index in [-0.39, 0.29) is 23.0 Å². The Bertz CT molecular complexity index is 674. The van der Waals surface area contributed by atoms with Gasteiger partial charge in [0.25, 0.3) is 0 Å². The van der Waals surface area contributed by atoms with Crippen molar-refractivity contribution in [2.24, 2.45) is 0 Å². The van der Waals surface area contributed by atoms with Crippen molar-refractivity contribution in [2.45, 2.75) is 25.9 Å². The van der Waals surface area contributed by atoms with Crippen molar-refractivity contribution in [3.05, 3.63) is 48.0 Å². The second kappa shape index (κ2) is 5.97. The van der Waals surface area contributed by atoms with Crippen molar-refractivity contribution in [1.82, 2.24) is 0 Å². The molecule has 0 fully saturated rings. The first-order valence-corrected chi connectivity index (χ1v) is 6.80. The lowest BCUT2D eigenvalue weighted by molar-refractivity contribution is 0.0619. The van der Waals surface area contributed by atoms with Gasteiger partial charge in [-0.3, -0.25) is 4.79 Å². The highest BCUT2D eigenvalue weighted by atomic mass is 16.5. The fourth-order valence-electron chi connectivity index (χ4n) is 2.13. The maximum absolute atomic E-state index is 11.7. The molecule has 0 amide bonds. The molecule has 0 aliphatic carbocycles. The monoisotopic (exact) mass is 302 g/mol. The molecule has 1 aliphatic heterocycles. The summed E-state index contributed by atoms with van der Waals surface area (Å²) in [7, 11) is 0. The van der Waals surface area contributed by atoms with E-state index in [0.29, 0.717) is 17.7 Å². The van der Waals surface area contributed by atoms with Crippen LogP contribution in [-0.2, 0) is 0 Å². The van der Waals surface area contributed by atoms with E-state index in [0.717, 1.165) is 0 Å². The molecule has 0 saturated heterocycles. The number of fused-ring (bicyclic) bond motifs is 1. The Morgan fingerprint density at radius 1 is 0.955 bits per heavy atom. The van der Waals surface area contributed by atoms with Crippen LogP contribution in [-0.4, -0.2) is 26.7 Å². The summed E-state index contributed by atoms with van der Waals surface area (Å²) < 4.78 is 5.59. The molecule has 3 N–H and O–H groups in total. The number of benzene rings is 2. The third kappa shape index (κ3) is 3.91.